The van der Waals surface area contributed by atoms with Gasteiger partial charge in [0.05, 0.1) is 5.56 Å². The second-order valence-corrected chi connectivity index (χ2v) is 5.70. The van der Waals surface area contributed by atoms with Crippen molar-refractivity contribution in [3.63, 3.8) is 0 Å². The first-order valence-corrected chi connectivity index (χ1v) is 7.94. The van der Waals surface area contributed by atoms with Gasteiger partial charge in [-0.1, -0.05) is 12.1 Å². The minimum Gasteiger partial charge on any atom is -0.457 e. The number of hydrogen-bond donors (Lipinski definition) is 1. The molecule has 0 atom stereocenters. The molecule has 0 heterocycles. The predicted molar refractivity (Wildman–Crippen MR) is 92.3 cm³/mol. The first-order chi connectivity index (χ1) is 13.2. The Morgan fingerprint density at radius 1 is 0.893 bits per heavy atom. The van der Waals surface area contributed by atoms with Crippen molar-refractivity contribution in [2.75, 3.05) is 5.32 Å². The third kappa shape index (κ3) is 4.46. The quantitative estimate of drug-likeness (QED) is 0.550. The zero-order valence-corrected chi connectivity index (χ0v) is 14.1. The zero-order chi connectivity index (χ0) is 20.3. The Bertz CT molecular complexity index is 1000. The van der Waals surface area contributed by atoms with Crippen molar-refractivity contribution in [2.24, 2.45) is 0 Å². The summed E-state index contributed by atoms with van der Waals surface area (Å²) in [4.78, 5) is 12.1. The van der Waals surface area contributed by atoms with Gasteiger partial charge in [-0.2, -0.15) is 13.2 Å². The third-order valence-corrected chi connectivity index (χ3v) is 3.71. The highest BCUT2D eigenvalue weighted by Crippen LogP contribution is 2.38. The molecule has 0 aliphatic rings. The number of carbonyl (C=O) groups is 1. The maximum atomic E-state index is 13.6. The van der Waals surface area contributed by atoms with Crippen LogP contribution in [-0.4, -0.2) is 5.91 Å². The fraction of sp³-hybridized carbons (Fsp3) is 0.0500. The molecular formula is C20H12F5NO2. The van der Waals surface area contributed by atoms with Gasteiger partial charge < -0.3 is 10.1 Å². The topological polar surface area (TPSA) is 38.3 Å². The molecule has 0 aliphatic heterocycles. The van der Waals surface area contributed by atoms with E-state index in [2.05, 4.69) is 5.32 Å². The van der Waals surface area contributed by atoms with Crippen molar-refractivity contribution in [1.82, 2.24) is 0 Å². The number of alkyl halides is 3. The fourth-order valence-electron chi connectivity index (χ4n) is 2.39. The second-order valence-electron chi connectivity index (χ2n) is 5.70. The Morgan fingerprint density at radius 2 is 1.57 bits per heavy atom. The van der Waals surface area contributed by atoms with Crippen LogP contribution in [0.3, 0.4) is 0 Å². The van der Waals surface area contributed by atoms with Crippen LogP contribution >= 0.6 is 0 Å². The standard InChI is InChI=1S/C20H12F5NO2/c21-12-5-10-18(16(11-12)20(23,24)25)28-14-8-6-13(7-9-14)26-19(27)15-3-1-2-4-17(15)22/h1-11H,(H,26,27). The summed E-state index contributed by atoms with van der Waals surface area (Å²) in [5.74, 6) is -2.91. The highest BCUT2D eigenvalue weighted by Gasteiger charge is 2.35. The summed E-state index contributed by atoms with van der Waals surface area (Å²) in [6.45, 7) is 0. The van der Waals surface area contributed by atoms with Crippen molar-refractivity contribution in [1.29, 1.82) is 0 Å². The predicted octanol–water partition coefficient (Wildman–Crippen LogP) is 6.03. The van der Waals surface area contributed by atoms with Crippen LogP contribution in [0.1, 0.15) is 15.9 Å². The van der Waals surface area contributed by atoms with Gasteiger partial charge in [-0.3, -0.25) is 4.79 Å². The Kier molecular flexibility index (Phi) is 5.30. The number of anilines is 1. The van der Waals surface area contributed by atoms with Gasteiger partial charge in [0.1, 0.15) is 28.7 Å². The summed E-state index contributed by atoms with van der Waals surface area (Å²) in [7, 11) is 0. The van der Waals surface area contributed by atoms with E-state index in [0.29, 0.717) is 6.07 Å². The minimum atomic E-state index is -4.79. The van der Waals surface area contributed by atoms with E-state index in [0.717, 1.165) is 18.2 Å². The molecule has 3 aromatic carbocycles. The van der Waals surface area contributed by atoms with Gasteiger partial charge in [0, 0.05) is 5.69 Å². The van der Waals surface area contributed by atoms with Crippen LogP contribution in [0.15, 0.2) is 66.7 Å². The number of nitrogens with one attached hydrogen (secondary N) is 1. The van der Waals surface area contributed by atoms with Crippen LogP contribution in [0, 0.1) is 11.6 Å². The molecule has 3 aromatic rings. The van der Waals surface area contributed by atoms with E-state index in [-0.39, 0.29) is 17.0 Å². The van der Waals surface area contributed by atoms with Crippen LogP contribution in [0.25, 0.3) is 0 Å². The molecule has 0 fully saturated rings. The highest BCUT2D eigenvalue weighted by atomic mass is 19.4. The average molecular weight is 393 g/mol. The fourth-order valence-corrected chi connectivity index (χ4v) is 2.39. The average Bonchev–Trinajstić information content (AvgIpc) is 2.64. The summed E-state index contributed by atoms with van der Waals surface area (Å²) in [6, 6.07) is 12.9. The summed E-state index contributed by atoms with van der Waals surface area (Å²) in [5.41, 5.74) is -1.11. The van der Waals surface area contributed by atoms with Crippen LogP contribution in [0.5, 0.6) is 11.5 Å². The van der Waals surface area contributed by atoms with Gasteiger partial charge in [0.2, 0.25) is 0 Å². The lowest BCUT2D eigenvalue weighted by molar-refractivity contribution is -0.138. The summed E-state index contributed by atoms with van der Waals surface area (Å²) in [6.07, 6.45) is -4.79. The zero-order valence-electron chi connectivity index (χ0n) is 14.1. The lowest BCUT2D eigenvalue weighted by Crippen LogP contribution is -2.13. The molecule has 28 heavy (non-hydrogen) atoms. The molecule has 0 saturated carbocycles. The van der Waals surface area contributed by atoms with Crippen molar-refractivity contribution in [2.45, 2.75) is 6.18 Å². The molecule has 0 aliphatic carbocycles. The van der Waals surface area contributed by atoms with Gasteiger partial charge in [-0.05, 0) is 54.6 Å². The van der Waals surface area contributed by atoms with Gasteiger partial charge in [-0.25, -0.2) is 8.78 Å². The van der Waals surface area contributed by atoms with Gasteiger partial charge >= 0.3 is 6.18 Å². The number of hydrogen-bond acceptors (Lipinski definition) is 2. The largest absolute Gasteiger partial charge is 0.457 e. The number of benzene rings is 3. The second kappa shape index (κ2) is 7.67. The molecule has 1 amide bonds. The van der Waals surface area contributed by atoms with E-state index < -0.39 is 35.0 Å². The number of ether oxygens (including phenoxy) is 1. The SMILES string of the molecule is O=C(Nc1ccc(Oc2ccc(F)cc2C(F)(F)F)cc1)c1ccccc1F. The van der Waals surface area contributed by atoms with E-state index in [1.807, 2.05) is 0 Å². The van der Waals surface area contributed by atoms with Crippen molar-refractivity contribution < 1.29 is 31.5 Å². The van der Waals surface area contributed by atoms with Crippen LogP contribution < -0.4 is 10.1 Å². The Hall–Kier alpha value is -3.42. The maximum absolute atomic E-state index is 13.6. The molecule has 0 bridgehead atoms. The normalized spacial score (nSPS) is 11.2. The first kappa shape index (κ1) is 19.3. The molecule has 0 spiro atoms. The number of carbonyl (C=O) groups excluding carboxylic acids is 1. The van der Waals surface area contributed by atoms with Gasteiger partial charge in [-0.15, -0.1) is 0 Å². The van der Waals surface area contributed by atoms with Crippen molar-refractivity contribution in [3.8, 4) is 11.5 Å². The maximum Gasteiger partial charge on any atom is 0.420 e. The van der Waals surface area contributed by atoms with E-state index in [1.165, 1.54) is 42.5 Å². The van der Waals surface area contributed by atoms with E-state index >= 15 is 0 Å². The van der Waals surface area contributed by atoms with Crippen LogP contribution in [0.4, 0.5) is 27.6 Å². The smallest absolute Gasteiger partial charge is 0.420 e. The monoisotopic (exact) mass is 393 g/mol. The Balaban J connectivity index is 1.76. The lowest BCUT2D eigenvalue weighted by atomic mass is 10.2. The molecule has 144 valence electrons. The molecular weight excluding hydrogens is 381 g/mol. The Morgan fingerprint density at radius 3 is 2.21 bits per heavy atom. The summed E-state index contributed by atoms with van der Waals surface area (Å²) < 4.78 is 71.0. The van der Waals surface area contributed by atoms with E-state index in [1.54, 1.807) is 0 Å². The van der Waals surface area contributed by atoms with Gasteiger partial charge in [0.25, 0.3) is 5.91 Å². The van der Waals surface area contributed by atoms with E-state index in [4.69, 9.17) is 4.74 Å². The summed E-state index contributed by atoms with van der Waals surface area (Å²) in [5, 5.41) is 2.47. The number of halogens is 5. The van der Waals surface area contributed by atoms with Gasteiger partial charge in [0.15, 0.2) is 0 Å². The van der Waals surface area contributed by atoms with Crippen molar-refractivity contribution >= 4 is 11.6 Å². The molecule has 1 N–H and O–H groups in total. The molecule has 8 heteroatoms. The third-order valence-electron chi connectivity index (χ3n) is 3.71. The van der Waals surface area contributed by atoms with Crippen LogP contribution in [-0.2, 0) is 6.18 Å². The lowest BCUT2D eigenvalue weighted by Gasteiger charge is -2.14. The molecule has 0 radical (unpaired) electrons. The minimum absolute atomic E-state index is 0.0426. The van der Waals surface area contributed by atoms with Crippen LogP contribution in [0.2, 0.25) is 0 Å². The molecule has 3 nitrogen and oxygen atoms in total. The van der Waals surface area contributed by atoms with Crippen molar-refractivity contribution in [3.05, 3.63) is 89.5 Å². The summed E-state index contributed by atoms with van der Waals surface area (Å²) >= 11 is 0. The first-order valence-electron chi connectivity index (χ1n) is 7.94. The van der Waals surface area contributed by atoms with E-state index in [9.17, 15) is 26.7 Å². The molecule has 0 aromatic heterocycles. The highest BCUT2D eigenvalue weighted by molar-refractivity contribution is 6.04. The molecule has 0 saturated heterocycles. The molecule has 3 rings (SSSR count). The Labute approximate surface area is 156 Å². The number of rotatable bonds is 4. The molecule has 0 unspecified atom stereocenters. The number of amides is 1.